The number of thiazole rings is 1. The number of amides is 1. The van der Waals surface area contributed by atoms with Crippen LogP contribution in [0.15, 0.2) is 35.1 Å². The fourth-order valence-corrected chi connectivity index (χ4v) is 3.93. The van der Waals surface area contributed by atoms with Crippen molar-refractivity contribution in [2.24, 2.45) is 0 Å². The van der Waals surface area contributed by atoms with Gasteiger partial charge in [-0.15, -0.1) is 0 Å². The van der Waals surface area contributed by atoms with Crippen molar-refractivity contribution in [1.29, 1.82) is 0 Å². The summed E-state index contributed by atoms with van der Waals surface area (Å²) in [5, 5.41) is 2.83. The molecule has 1 amide bonds. The first-order chi connectivity index (χ1) is 12.4. The second-order valence-electron chi connectivity index (χ2n) is 6.34. The van der Waals surface area contributed by atoms with Gasteiger partial charge in [-0.1, -0.05) is 17.4 Å². The molecule has 1 aromatic heterocycles. The molecule has 3 aromatic rings. The molecule has 0 atom stereocenters. The van der Waals surface area contributed by atoms with Gasteiger partial charge < -0.3 is 10.1 Å². The van der Waals surface area contributed by atoms with Gasteiger partial charge in [0.25, 0.3) is 5.91 Å². The highest BCUT2D eigenvalue weighted by atomic mass is 32.1. The van der Waals surface area contributed by atoms with Crippen LogP contribution in [-0.4, -0.2) is 17.1 Å². The van der Waals surface area contributed by atoms with E-state index in [2.05, 4.69) is 11.4 Å². The van der Waals surface area contributed by atoms with Gasteiger partial charge in [-0.3, -0.25) is 14.2 Å². The van der Waals surface area contributed by atoms with E-state index in [1.165, 1.54) is 11.3 Å². The molecule has 0 unspecified atom stereocenters. The summed E-state index contributed by atoms with van der Waals surface area (Å²) in [7, 11) is 0. The predicted molar refractivity (Wildman–Crippen MR) is 107 cm³/mol. The van der Waals surface area contributed by atoms with Gasteiger partial charge in [-0.2, -0.15) is 0 Å². The fourth-order valence-electron chi connectivity index (χ4n) is 2.93. The molecule has 0 radical (unpaired) electrons. The van der Waals surface area contributed by atoms with Crippen molar-refractivity contribution in [2.75, 3.05) is 11.9 Å². The van der Waals surface area contributed by atoms with Gasteiger partial charge in [0.15, 0.2) is 6.61 Å². The monoisotopic (exact) mass is 370 g/mol. The number of aryl methyl sites for hydroxylation is 3. The molecule has 0 saturated carbocycles. The van der Waals surface area contributed by atoms with Crippen molar-refractivity contribution in [3.63, 3.8) is 0 Å². The van der Waals surface area contributed by atoms with Crippen LogP contribution in [0.25, 0.3) is 10.2 Å². The molecule has 0 aliphatic heterocycles. The molecule has 0 fully saturated rings. The first kappa shape index (κ1) is 18.2. The van der Waals surface area contributed by atoms with E-state index in [1.807, 2.05) is 45.9 Å². The van der Waals surface area contributed by atoms with E-state index >= 15 is 0 Å². The van der Waals surface area contributed by atoms with E-state index < -0.39 is 0 Å². The number of benzene rings is 2. The van der Waals surface area contributed by atoms with Crippen molar-refractivity contribution < 1.29 is 9.53 Å². The second-order valence-corrected chi connectivity index (χ2v) is 7.33. The van der Waals surface area contributed by atoms with Crippen LogP contribution < -0.4 is 14.9 Å². The highest BCUT2D eigenvalue weighted by Crippen LogP contribution is 2.24. The van der Waals surface area contributed by atoms with Crippen LogP contribution in [-0.2, 0) is 11.3 Å². The number of carbonyl (C=O) groups excluding carboxylic acids is 1. The summed E-state index contributed by atoms with van der Waals surface area (Å²) in [6, 6.07) is 9.52. The molecule has 0 aliphatic carbocycles. The van der Waals surface area contributed by atoms with Crippen molar-refractivity contribution in [2.45, 2.75) is 34.2 Å². The molecule has 3 rings (SSSR count). The minimum atomic E-state index is -0.231. The highest BCUT2D eigenvalue weighted by Gasteiger charge is 2.10. The Bertz CT molecular complexity index is 1030. The van der Waals surface area contributed by atoms with Crippen molar-refractivity contribution in [3.8, 4) is 5.75 Å². The molecule has 2 aromatic carbocycles. The van der Waals surface area contributed by atoms with Crippen molar-refractivity contribution in [1.82, 2.24) is 4.57 Å². The summed E-state index contributed by atoms with van der Waals surface area (Å²) in [5.41, 5.74) is 4.83. The maximum Gasteiger partial charge on any atom is 0.308 e. The first-order valence-electron chi connectivity index (χ1n) is 8.53. The van der Waals surface area contributed by atoms with Crippen LogP contribution in [0.2, 0.25) is 0 Å². The number of hydrogen-bond donors (Lipinski definition) is 1. The Labute approximate surface area is 156 Å². The van der Waals surface area contributed by atoms with Gasteiger partial charge in [0.05, 0.1) is 10.2 Å². The molecule has 0 spiro atoms. The van der Waals surface area contributed by atoms with Gasteiger partial charge >= 0.3 is 4.87 Å². The number of ether oxygens (including phenoxy) is 1. The predicted octanol–water partition coefficient (Wildman–Crippen LogP) is 4.03. The average molecular weight is 370 g/mol. The summed E-state index contributed by atoms with van der Waals surface area (Å²) < 4.78 is 8.28. The number of aromatic nitrogens is 1. The normalized spacial score (nSPS) is 10.9. The number of nitrogens with one attached hydrogen (secondary N) is 1. The molecule has 6 heteroatoms. The average Bonchev–Trinajstić information content (AvgIpc) is 2.90. The Kier molecular flexibility index (Phi) is 5.13. The van der Waals surface area contributed by atoms with Gasteiger partial charge in [0.1, 0.15) is 5.75 Å². The standard InChI is InChI=1S/C20H22N2O3S/c1-5-22-16-7-6-15(10-18(16)26-20(22)24)21-19(23)11-25-17-9-12(2)8-13(3)14(17)4/h6-10H,5,11H2,1-4H3,(H,21,23). The molecule has 1 N–H and O–H groups in total. The lowest BCUT2D eigenvalue weighted by Crippen LogP contribution is -2.20. The highest BCUT2D eigenvalue weighted by molar-refractivity contribution is 7.16. The number of hydrogen-bond acceptors (Lipinski definition) is 4. The zero-order valence-corrected chi connectivity index (χ0v) is 16.2. The molecule has 0 saturated heterocycles. The van der Waals surface area contributed by atoms with E-state index in [1.54, 1.807) is 10.6 Å². The third-order valence-electron chi connectivity index (χ3n) is 4.39. The summed E-state index contributed by atoms with van der Waals surface area (Å²) in [5.74, 6) is 0.497. The zero-order chi connectivity index (χ0) is 18.8. The Morgan fingerprint density at radius 1 is 1.19 bits per heavy atom. The lowest BCUT2D eigenvalue weighted by molar-refractivity contribution is -0.118. The number of nitrogens with zero attached hydrogens (tertiary/aromatic N) is 1. The molecule has 26 heavy (non-hydrogen) atoms. The maximum atomic E-state index is 12.2. The molecule has 0 bridgehead atoms. The summed E-state index contributed by atoms with van der Waals surface area (Å²) >= 11 is 1.18. The largest absolute Gasteiger partial charge is 0.483 e. The van der Waals surface area contributed by atoms with E-state index in [9.17, 15) is 9.59 Å². The van der Waals surface area contributed by atoms with E-state index in [-0.39, 0.29) is 17.4 Å². The summed E-state index contributed by atoms with van der Waals surface area (Å²) in [4.78, 5) is 24.2. The number of carbonyl (C=O) groups is 1. The summed E-state index contributed by atoms with van der Waals surface area (Å²) in [6.07, 6.45) is 0. The quantitative estimate of drug-likeness (QED) is 0.738. The van der Waals surface area contributed by atoms with Gasteiger partial charge in [-0.25, -0.2) is 0 Å². The lowest BCUT2D eigenvalue weighted by atomic mass is 10.1. The smallest absolute Gasteiger partial charge is 0.308 e. The summed E-state index contributed by atoms with van der Waals surface area (Å²) in [6.45, 7) is 8.52. The van der Waals surface area contributed by atoms with Crippen LogP contribution in [0.3, 0.4) is 0 Å². The van der Waals surface area contributed by atoms with Crippen LogP contribution in [0.4, 0.5) is 5.69 Å². The Balaban J connectivity index is 1.70. The maximum absolute atomic E-state index is 12.2. The van der Waals surface area contributed by atoms with Gasteiger partial charge in [0.2, 0.25) is 0 Å². The van der Waals surface area contributed by atoms with Crippen LogP contribution >= 0.6 is 11.3 Å². The zero-order valence-electron chi connectivity index (χ0n) is 15.4. The molecular weight excluding hydrogens is 348 g/mol. The van der Waals surface area contributed by atoms with Crippen LogP contribution in [0.1, 0.15) is 23.6 Å². The minimum Gasteiger partial charge on any atom is -0.483 e. The molecular formula is C20H22N2O3S. The van der Waals surface area contributed by atoms with Gasteiger partial charge in [-0.05, 0) is 68.7 Å². The third kappa shape index (κ3) is 3.65. The van der Waals surface area contributed by atoms with Crippen molar-refractivity contribution in [3.05, 3.63) is 56.7 Å². The number of rotatable bonds is 5. The van der Waals surface area contributed by atoms with Crippen molar-refractivity contribution >= 4 is 33.1 Å². The van der Waals surface area contributed by atoms with Gasteiger partial charge in [0, 0.05) is 12.2 Å². The van der Waals surface area contributed by atoms with Crippen LogP contribution in [0.5, 0.6) is 5.75 Å². The Morgan fingerprint density at radius 2 is 1.96 bits per heavy atom. The van der Waals surface area contributed by atoms with E-state index in [0.717, 1.165) is 32.7 Å². The number of anilines is 1. The topological polar surface area (TPSA) is 60.3 Å². The minimum absolute atomic E-state index is 0.0135. The molecule has 0 aliphatic rings. The molecule has 5 nitrogen and oxygen atoms in total. The SMILES string of the molecule is CCn1c(=O)sc2cc(NC(=O)COc3cc(C)cc(C)c3C)ccc21. The van der Waals surface area contributed by atoms with E-state index in [4.69, 9.17) is 4.74 Å². The third-order valence-corrected chi connectivity index (χ3v) is 5.33. The Morgan fingerprint density at radius 3 is 2.69 bits per heavy atom. The number of fused-ring (bicyclic) bond motifs is 1. The second kappa shape index (κ2) is 7.33. The lowest BCUT2D eigenvalue weighted by Gasteiger charge is -2.12. The van der Waals surface area contributed by atoms with Crippen LogP contribution in [0, 0.1) is 20.8 Å². The molecule has 1 heterocycles. The molecule has 136 valence electrons. The fraction of sp³-hybridized carbons (Fsp3) is 0.300. The first-order valence-corrected chi connectivity index (χ1v) is 9.34. The van der Waals surface area contributed by atoms with E-state index in [0.29, 0.717) is 12.2 Å². The Hall–Kier alpha value is -2.60.